The molecular weight excluding hydrogens is 326 g/mol. The highest BCUT2D eigenvalue weighted by molar-refractivity contribution is 7.09. The number of hydrogen-bond acceptors (Lipinski definition) is 5. The fraction of sp³-hybridized carbons (Fsp3) is 0.471. The van der Waals surface area contributed by atoms with Crippen LogP contribution in [0, 0.1) is 0 Å². The first-order valence-electron chi connectivity index (χ1n) is 8.12. The lowest BCUT2D eigenvalue weighted by molar-refractivity contribution is 0.0715. The van der Waals surface area contributed by atoms with Crippen LogP contribution in [0.25, 0.3) is 0 Å². The molecule has 0 N–H and O–H groups in total. The molecule has 0 radical (unpaired) electrons. The number of carbonyl (C=O) groups is 2. The minimum absolute atomic E-state index is 0.0456. The van der Waals surface area contributed by atoms with Crippen LogP contribution in [-0.2, 0) is 0 Å². The molecule has 0 unspecified atom stereocenters. The monoisotopic (exact) mass is 347 g/mol. The number of carbonyl (C=O) groups excluding carboxylic acids is 2. The van der Waals surface area contributed by atoms with Crippen molar-refractivity contribution in [3.8, 4) is 0 Å². The van der Waals surface area contributed by atoms with Gasteiger partial charge in [-0.1, -0.05) is 13.8 Å². The molecule has 24 heavy (non-hydrogen) atoms. The molecule has 0 spiro atoms. The van der Waals surface area contributed by atoms with Crippen molar-refractivity contribution in [1.29, 1.82) is 0 Å². The highest BCUT2D eigenvalue weighted by Gasteiger charge is 2.25. The van der Waals surface area contributed by atoms with Crippen LogP contribution in [0.15, 0.2) is 28.4 Å². The summed E-state index contributed by atoms with van der Waals surface area (Å²) in [7, 11) is 0. The molecule has 1 aliphatic rings. The van der Waals surface area contributed by atoms with E-state index in [1.54, 1.807) is 15.9 Å². The Hall–Kier alpha value is -2.15. The van der Waals surface area contributed by atoms with Gasteiger partial charge in [0.15, 0.2) is 0 Å². The second-order valence-corrected chi connectivity index (χ2v) is 7.07. The van der Waals surface area contributed by atoms with E-state index in [0.717, 1.165) is 11.4 Å². The van der Waals surface area contributed by atoms with Crippen LogP contribution >= 0.6 is 11.3 Å². The summed E-state index contributed by atoms with van der Waals surface area (Å²) in [6.07, 6.45) is 3.71. The minimum Gasteiger partial charge on any atom is -0.472 e. The summed E-state index contributed by atoms with van der Waals surface area (Å²) >= 11 is 1.53. The van der Waals surface area contributed by atoms with E-state index in [1.807, 2.05) is 5.38 Å². The molecule has 128 valence electrons. The predicted molar refractivity (Wildman–Crippen MR) is 91.3 cm³/mol. The van der Waals surface area contributed by atoms with Crippen molar-refractivity contribution in [2.75, 3.05) is 26.2 Å². The molecule has 1 fully saturated rings. The maximum atomic E-state index is 12.6. The van der Waals surface area contributed by atoms with Crippen molar-refractivity contribution < 1.29 is 14.0 Å². The summed E-state index contributed by atoms with van der Waals surface area (Å²) < 4.78 is 4.98. The highest BCUT2D eigenvalue weighted by Crippen LogP contribution is 2.20. The lowest BCUT2D eigenvalue weighted by atomic mass is 10.2. The van der Waals surface area contributed by atoms with E-state index in [9.17, 15) is 9.59 Å². The Kier molecular flexibility index (Phi) is 4.99. The Morgan fingerprint density at radius 2 is 1.88 bits per heavy atom. The van der Waals surface area contributed by atoms with Gasteiger partial charge in [-0.15, -0.1) is 11.3 Å². The number of furan rings is 1. The van der Waals surface area contributed by atoms with Crippen LogP contribution in [0.5, 0.6) is 0 Å². The summed E-state index contributed by atoms with van der Waals surface area (Å²) in [4.78, 5) is 33.1. The van der Waals surface area contributed by atoms with Gasteiger partial charge in [0.2, 0.25) is 0 Å². The number of amides is 2. The molecule has 7 heteroatoms. The van der Waals surface area contributed by atoms with Crippen molar-refractivity contribution in [1.82, 2.24) is 14.8 Å². The van der Waals surface area contributed by atoms with E-state index < -0.39 is 0 Å². The van der Waals surface area contributed by atoms with E-state index in [2.05, 4.69) is 18.8 Å². The normalized spacial score (nSPS) is 15.6. The van der Waals surface area contributed by atoms with Gasteiger partial charge in [-0.25, -0.2) is 4.98 Å². The van der Waals surface area contributed by atoms with Crippen molar-refractivity contribution in [2.45, 2.75) is 26.2 Å². The van der Waals surface area contributed by atoms with E-state index in [0.29, 0.717) is 43.4 Å². The molecule has 1 aliphatic heterocycles. The van der Waals surface area contributed by atoms with Crippen LogP contribution in [0.3, 0.4) is 0 Å². The smallest absolute Gasteiger partial charge is 0.273 e. The van der Waals surface area contributed by atoms with Crippen molar-refractivity contribution in [3.63, 3.8) is 0 Å². The second kappa shape index (κ2) is 7.17. The first-order chi connectivity index (χ1) is 11.6. The zero-order chi connectivity index (χ0) is 17.1. The highest BCUT2D eigenvalue weighted by atomic mass is 32.1. The number of rotatable bonds is 3. The van der Waals surface area contributed by atoms with Gasteiger partial charge >= 0.3 is 0 Å². The molecule has 0 atom stereocenters. The summed E-state index contributed by atoms with van der Waals surface area (Å²) in [6.45, 7) is 6.47. The maximum absolute atomic E-state index is 12.6. The Labute approximate surface area is 145 Å². The molecule has 0 saturated carbocycles. The van der Waals surface area contributed by atoms with E-state index in [-0.39, 0.29) is 11.8 Å². The summed E-state index contributed by atoms with van der Waals surface area (Å²) in [5.74, 6) is 0.230. The van der Waals surface area contributed by atoms with Gasteiger partial charge in [-0.05, 0) is 12.5 Å². The fourth-order valence-corrected chi connectivity index (χ4v) is 3.51. The van der Waals surface area contributed by atoms with Gasteiger partial charge in [0.25, 0.3) is 11.8 Å². The molecule has 0 aromatic carbocycles. The fourth-order valence-electron chi connectivity index (χ4n) is 2.71. The molecule has 3 heterocycles. The third-order valence-electron chi connectivity index (χ3n) is 4.07. The van der Waals surface area contributed by atoms with Crippen LogP contribution < -0.4 is 0 Å². The first-order valence-corrected chi connectivity index (χ1v) is 9.00. The van der Waals surface area contributed by atoms with Crippen molar-refractivity contribution >= 4 is 23.2 Å². The Morgan fingerprint density at radius 1 is 1.17 bits per heavy atom. The quantitative estimate of drug-likeness (QED) is 0.856. The summed E-state index contributed by atoms with van der Waals surface area (Å²) in [5, 5.41) is 2.81. The third kappa shape index (κ3) is 3.51. The van der Waals surface area contributed by atoms with Gasteiger partial charge in [-0.3, -0.25) is 9.59 Å². The van der Waals surface area contributed by atoms with E-state index in [4.69, 9.17) is 4.42 Å². The van der Waals surface area contributed by atoms with E-state index in [1.165, 1.54) is 23.9 Å². The standard InChI is InChI=1S/C17H21N3O3S/c1-12(2)15-18-14(11-24-15)17(22)20-6-3-5-19(7-8-20)16(21)13-4-9-23-10-13/h4,9-12H,3,5-8H2,1-2H3. The molecule has 2 amide bonds. The van der Waals surface area contributed by atoms with Crippen LogP contribution in [-0.4, -0.2) is 52.8 Å². The number of nitrogens with zero attached hydrogens (tertiary/aromatic N) is 3. The van der Waals surface area contributed by atoms with Gasteiger partial charge in [0.05, 0.1) is 16.8 Å². The molecular formula is C17H21N3O3S. The zero-order valence-electron chi connectivity index (χ0n) is 13.9. The zero-order valence-corrected chi connectivity index (χ0v) is 14.7. The molecule has 0 aliphatic carbocycles. The predicted octanol–water partition coefficient (Wildman–Crippen LogP) is 2.85. The van der Waals surface area contributed by atoms with Crippen LogP contribution in [0.1, 0.15) is 52.0 Å². The minimum atomic E-state index is -0.0474. The molecule has 0 bridgehead atoms. The number of thiazole rings is 1. The Bertz CT molecular complexity index is 708. The van der Waals surface area contributed by atoms with Crippen molar-refractivity contribution in [2.24, 2.45) is 0 Å². The molecule has 2 aromatic rings. The Morgan fingerprint density at radius 3 is 2.46 bits per heavy atom. The topological polar surface area (TPSA) is 66.7 Å². The Balaban J connectivity index is 1.64. The average Bonchev–Trinajstić information content (AvgIpc) is 3.21. The van der Waals surface area contributed by atoms with E-state index >= 15 is 0 Å². The van der Waals surface area contributed by atoms with Gasteiger partial charge in [0, 0.05) is 37.5 Å². The van der Waals surface area contributed by atoms with Gasteiger partial charge in [-0.2, -0.15) is 0 Å². The van der Waals surface area contributed by atoms with Crippen LogP contribution in [0.2, 0.25) is 0 Å². The van der Waals surface area contributed by atoms with Gasteiger partial charge < -0.3 is 14.2 Å². The number of aromatic nitrogens is 1. The maximum Gasteiger partial charge on any atom is 0.273 e. The summed E-state index contributed by atoms with van der Waals surface area (Å²) in [5.41, 5.74) is 1.06. The lowest BCUT2D eigenvalue weighted by Gasteiger charge is -2.21. The number of hydrogen-bond donors (Lipinski definition) is 0. The molecule has 3 rings (SSSR count). The largest absolute Gasteiger partial charge is 0.472 e. The molecule has 6 nitrogen and oxygen atoms in total. The third-order valence-corrected chi connectivity index (χ3v) is 5.22. The SMILES string of the molecule is CC(C)c1nc(C(=O)N2CCCN(C(=O)c3ccoc3)CC2)cs1. The van der Waals surface area contributed by atoms with Crippen LogP contribution in [0.4, 0.5) is 0 Å². The second-order valence-electron chi connectivity index (χ2n) is 6.18. The van der Waals surface area contributed by atoms with Crippen molar-refractivity contribution in [3.05, 3.63) is 40.2 Å². The van der Waals surface area contributed by atoms with Gasteiger partial charge in [0.1, 0.15) is 12.0 Å². The first kappa shape index (κ1) is 16.7. The summed E-state index contributed by atoms with van der Waals surface area (Å²) in [6, 6.07) is 1.67. The molecule has 2 aromatic heterocycles. The average molecular weight is 347 g/mol. The lowest BCUT2D eigenvalue weighted by Crippen LogP contribution is -2.37. The molecule has 1 saturated heterocycles.